The summed E-state index contributed by atoms with van der Waals surface area (Å²) in [7, 11) is 0. The van der Waals surface area contributed by atoms with Crippen LogP contribution in [0.4, 0.5) is 5.69 Å². The molecule has 0 aromatic heterocycles. The van der Waals surface area contributed by atoms with E-state index < -0.39 is 0 Å². The standard InChI is InChI=1S/C19H24N2O/c1-4-21(5-2)14-16-8-10-17(11-9-16)19(22)20-18-12-6-15(3)7-13-18/h6-13H,4-5,14H2,1-3H3,(H,20,22). The summed E-state index contributed by atoms with van der Waals surface area (Å²) in [6.07, 6.45) is 0. The first-order chi connectivity index (χ1) is 10.6. The molecular weight excluding hydrogens is 272 g/mol. The van der Waals surface area contributed by atoms with Crippen LogP contribution in [0.2, 0.25) is 0 Å². The lowest BCUT2D eigenvalue weighted by molar-refractivity contribution is 0.102. The van der Waals surface area contributed by atoms with Gasteiger partial charge in [-0.15, -0.1) is 0 Å². The minimum atomic E-state index is -0.0711. The zero-order chi connectivity index (χ0) is 15.9. The van der Waals surface area contributed by atoms with Crippen LogP contribution in [0.25, 0.3) is 0 Å². The number of hydrogen-bond donors (Lipinski definition) is 1. The molecule has 2 rings (SSSR count). The second-order valence-electron chi connectivity index (χ2n) is 5.48. The molecule has 0 fully saturated rings. The van der Waals surface area contributed by atoms with E-state index in [1.807, 2.05) is 55.5 Å². The zero-order valence-corrected chi connectivity index (χ0v) is 13.6. The SMILES string of the molecule is CCN(CC)Cc1ccc(C(=O)Nc2ccc(C)cc2)cc1. The van der Waals surface area contributed by atoms with Crippen LogP contribution in [-0.4, -0.2) is 23.9 Å². The van der Waals surface area contributed by atoms with E-state index >= 15 is 0 Å². The fraction of sp³-hybridized carbons (Fsp3) is 0.316. The highest BCUT2D eigenvalue weighted by atomic mass is 16.1. The van der Waals surface area contributed by atoms with Crippen molar-refractivity contribution >= 4 is 11.6 Å². The summed E-state index contributed by atoms with van der Waals surface area (Å²) in [4.78, 5) is 14.6. The van der Waals surface area contributed by atoms with E-state index in [9.17, 15) is 4.79 Å². The number of carbonyl (C=O) groups excluding carboxylic acids is 1. The molecule has 0 aliphatic rings. The van der Waals surface area contributed by atoms with Crippen molar-refractivity contribution in [2.45, 2.75) is 27.3 Å². The first kappa shape index (κ1) is 16.2. The van der Waals surface area contributed by atoms with Crippen molar-refractivity contribution in [3.05, 3.63) is 65.2 Å². The van der Waals surface area contributed by atoms with Gasteiger partial charge in [0.15, 0.2) is 0 Å². The summed E-state index contributed by atoms with van der Waals surface area (Å²) in [6.45, 7) is 9.34. The summed E-state index contributed by atoms with van der Waals surface area (Å²) < 4.78 is 0. The van der Waals surface area contributed by atoms with Crippen LogP contribution in [0.15, 0.2) is 48.5 Å². The number of rotatable bonds is 6. The molecule has 0 saturated heterocycles. The first-order valence-electron chi connectivity index (χ1n) is 7.81. The molecule has 0 unspecified atom stereocenters. The molecule has 1 amide bonds. The highest BCUT2D eigenvalue weighted by Crippen LogP contribution is 2.12. The topological polar surface area (TPSA) is 32.3 Å². The Morgan fingerprint density at radius 2 is 1.55 bits per heavy atom. The average Bonchev–Trinajstić information content (AvgIpc) is 2.55. The minimum Gasteiger partial charge on any atom is -0.322 e. The van der Waals surface area contributed by atoms with Crippen LogP contribution in [0.5, 0.6) is 0 Å². The van der Waals surface area contributed by atoms with E-state index in [1.54, 1.807) is 0 Å². The lowest BCUT2D eigenvalue weighted by Gasteiger charge is -2.18. The number of hydrogen-bond acceptors (Lipinski definition) is 2. The highest BCUT2D eigenvalue weighted by Gasteiger charge is 2.07. The molecule has 3 heteroatoms. The molecule has 0 radical (unpaired) electrons. The molecule has 0 heterocycles. The van der Waals surface area contributed by atoms with Gasteiger partial charge in [0.25, 0.3) is 5.91 Å². The van der Waals surface area contributed by atoms with Gasteiger partial charge in [0.05, 0.1) is 0 Å². The van der Waals surface area contributed by atoms with Gasteiger partial charge in [-0.2, -0.15) is 0 Å². The third kappa shape index (κ3) is 4.43. The first-order valence-corrected chi connectivity index (χ1v) is 7.81. The second kappa shape index (κ2) is 7.76. The number of carbonyl (C=O) groups is 1. The molecule has 3 nitrogen and oxygen atoms in total. The third-order valence-electron chi connectivity index (χ3n) is 3.83. The molecule has 116 valence electrons. The minimum absolute atomic E-state index is 0.0711. The third-order valence-corrected chi connectivity index (χ3v) is 3.83. The van der Waals surface area contributed by atoms with Crippen molar-refractivity contribution in [3.63, 3.8) is 0 Å². The van der Waals surface area contributed by atoms with E-state index in [4.69, 9.17) is 0 Å². The molecule has 0 saturated carbocycles. The van der Waals surface area contributed by atoms with E-state index in [-0.39, 0.29) is 5.91 Å². The Morgan fingerprint density at radius 3 is 2.09 bits per heavy atom. The Kier molecular flexibility index (Phi) is 5.73. The summed E-state index contributed by atoms with van der Waals surface area (Å²) in [5.41, 5.74) is 3.92. The Morgan fingerprint density at radius 1 is 0.955 bits per heavy atom. The van der Waals surface area contributed by atoms with Gasteiger partial charge in [-0.3, -0.25) is 9.69 Å². The molecule has 22 heavy (non-hydrogen) atoms. The van der Waals surface area contributed by atoms with Crippen LogP contribution in [0.1, 0.15) is 35.3 Å². The predicted octanol–water partition coefficient (Wildman–Crippen LogP) is 4.09. The number of anilines is 1. The highest BCUT2D eigenvalue weighted by molar-refractivity contribution is 6.04. The molecule has 0 bridgehead atoms. The van der Waals surface area contributed by atoms with Crippen LogP contribution in [0.3, 0.4) is 0 Å². The molecule has 0 spiro atoms. The average molecular weight is 296 g/mol. The Labute approximate surface area is 133 Å². The summed E-state index contributed by atoms with van der Waals surface area (Å²) >= 11 is 0. The summed E-state index contributed by atoms with van der Waals surface area (Å²) in [5, 5.41) is 2.92. The van der Waals surface area contributed by atoms with Crippen molar-refractivity contribution in [3.8, 4) is 0 Å². The monoisotopic (exact) mass is 296 g/mol. The number of benzene rings is 2. The van der Waals surface area contributed by atoms with Crippen molar-refractivity contribution in [1.82, 2.24) is 4.90 Å². The lowest BCUT2D eigenvalue weighted by Crippen LogP contribution is -2.22. The Balaban J connectivity index is 2.00. The maximum absolute atomic E-state index is 12.2. The van der Waals surface area contributed by atoms with Gasteiger partial charge < -0.3 is 5.32 Å². The zero-order valence-electron chi connectivity index (χ0n) is 13.6. The number of nitrogens with zero attached hydrogens (tertiary/aromatic N) is 1. The van der Waals surface area contributed by atoms with Crippen molar-refractivity contribution in [1.29, 1.82) is 0 Å². The van der Waals surface area contributed by atoms with E-state index in [0.717, 1.165) is 25.3 Å². The molecule has 1 N–H and O–H groups in total. The lowest BCUT2D eigenvalue weighted by atomic mass is 10.1. The Hall–Kier alpha value is -2.13. The second-order valence-corrected chi connectivity index (χ2v) is 5.48. The maximum atomic E-state index is 12.2. The normalized spacial score (nSPS) is 10.7. The van der Waals surface area contributed by atoms with Gasteiger partial charge >= 0.3 is 0 Å². The summed E-state index contributed by atoms with van der Waals surface area (Å²) in [6, 6.07) is 15.7. The predicted molar refractivity (Wildman–Crippen MR) is 92.2 cm³/mol. The fourth-order valence-corrected chi connectivity index (χ4v) is 2.31. The van der Waals surface area contributed by atoms with E-state index in [2.05, 4.69) is 24.1 Å². The van der Waals surface area contributed by atoms with Crippen molar-refractivity contribution < 1.29 is 4.79 Å². The molecule has 0 atom stereocenters. The van der Waals surface area contributed by atoms with Gasteiger partial charge in [0.1, 0.15) is 0 Å². The van der Waals surface area contributed by atoms with Gasteiger partial charge in [0, 0.05) is 17.8 Å². The molecule has 0 aliphatic carbocycles. The number of aryl methyl sites for hydroxylation is 1. The molecule has 2 aromatic rings. The van der Waals surface area contributed by atoms with Crippen molar-refractivity contribution in [2.75, 3.05) is 18.4 Å². The van der Waals surface area contributed by atoms with Crippen LogP contribution < -0.4 is 5.32 Å². The molecule has 2 aromatic carbocycles. The van der Waals surface area contributed by atoms with Gasteiger partial charge in [-0.25, -0.2) is 0 Å². The van der Waals surface area contributed by atoms with Gasteiger partial charge in [-0.1, -0.05) is 43.7 Å². The van der Waals surface area contributed by atoms with E-state index in [1.165, 1.54) is 11.1 Å². The van der Waals surface area contributed by atoms with Crippen LogP contribution >= 0.6 is 0 Å². The van der Waals surface area contributed by atoms with Crippen LogP contribution in [-0.2, 0) is 6.54 Å². The van der Waals surface area contributed by atoms with Crippen molar-refractivity contribution in [2.24, 2.45) is 0 Å². The largest absolute Gasteiger partial charge is 0.322 e. The van der Waals surface area contributed by atoms with E-state index in [0.29, 0.717) is 5.56 Å². The van der Waals surface area contributed by atoms with Gasteiger partial charge in [-0.05, 0) is 49.8 Å². The summed E-state index contributed by atoms with van der Waals surface area (Å²) in [5.74, 6) is -0.0711. The quantitative estimate of drug-likeness (QED) is 0.871. The maximum Gasteiger partial charge on any atom is 0.255 e. The Bertz CT molecular complexity index is 598. The number of amides is 1. The molecular formula is C19H24N2O. The van der Waals surface area contributed by atoms with Gasteiger partial charge in [0.2, 0.25) is 0 Å². The number of nitrogens with one attached hydrogen (secondary N) is 1. The van der Waals surface area contributed by atoms with Crippen LogP contribution in [0, 0.1) is 6.92 Å². The fourth-order valence-electron chi connectivity index (χ4n) is 2.31. The molecule has 0 aliphatic heterocycles. The smallest absolute Gasteiger partial charge is 0.255 e.